The van der Waals surface area contributed by atoms with E-state index in [1.807, 2.05) is 6.07 Å². The molecule has 0 N–H and O–H groups in total. The van der Waals surface area contributed by atoms with Gasteiger partial charge in [0, 0.05) is 44.3 Å². The second kappa shape index (κ2) is 6.58. The molecule has 1 fully saturated rings. The van der Waals surface area contributed by atoms with E-state index in [1.54, 1.807) is 6.07 Å². The summed E-state index contributed by atoms with van der Waals surface area (Å²) >= 11 is 5.80. The Hall–Kier alpha value is -0.800. The van der Waals surface area contributed by atoms with Gasteiger partial charge >= 0.3 is 0 Å². The molecule has 0 radical (unpaired) electrons. The van der Waals surface area contributed by atoms with E-state index < -0.39 is 0 Å². The first-order valence-corrected chi connectivity index (χ1v) is 7.44. The van der Waals surface area contributed by atoms with E-state index in [2.05, 4.69) is 23.6 Å². The Morgan fingerprint density at radius 1 is 1.16 bits per heavy atom. The summed E-state index contributed by atoms with van der Waals surface area (Å²) in [4.78, 5) is 4.72. The molecule has 1 saturated heterocycles. The highest BCUT2D eigenvalue weighted by atomic mass is 35.5. The van der Waals surface area contributed by atoms with Crippen LogP contribution in [-0.4, -0.2) is 37.6 Å². The van der Waals surface area contributed by atoms with Gasteiger partial charge in [0.05, 0.1) is 0 Å². The van der Waals surface area contributed by atoms with Crippen LogP contribution in [0, 0.1) is 11.7 Å². The van der Waals surface area contributed by atoms with Gasteiger partial charge in [-0.05, 0) is 29.7 Å². The van der Waals surface area contributed by atoms with Gasteiger partial charge < -0.3 is 4.90 Å². The van der Waals surface area contributed by atoms with Gasteiger partial charge in [-0.15, -0.1) is 11.6 Å². The minimum atomic E-state index is -0.197. The van der Waals surface area contributed by atoms with E-state index >= 15 is 0 Å². The fourth-order valence-electron chi connectivity index (χ4n) is 2.60. The Morgan fingerprint density at radius 3 is 2.42 bits per heavy atom. The van der Waals surface area contributed by atoms with Crippen molar-refractivity contribution in [1.29, 1.82) is 0 Å². The zero-order valence-corrected chi connectivity index (χ0v) is 12.5. The maximum Gasteiger partial charge on any atom is 0.125 e. The third-order valence-electron chi connectivity index (χ3n) is 3.46. The Balaban J connectivity index is 1.99. The first kappa shape index (κ1) is 14.6. The molecule has 1 aromatic rings. The van der Waals surface area contributed by atoms with Crippen LogP contribution in [0.25, 0.3) is 0 Å². The van der Waals surface area contributed by atoms with Crippen molar-refractivity contribution >= 4 is 17.3 Å². The molecule has 1 aliphatic heterocycles. The summed E-state index contributed by atoms with van der Waals surface area (Å²) in [6.45, 7) is 9.63. The van der Waals surface area contributed by atoms with Crippen molar-refractivity contribution in [2.75, 3.05) is 37.6 Å². The van der Waals surface area contributed by atoms with Gasteiger partial charge in [-0.2, -0.15) is 0 Å². The van der Waals surface area contributed by atoms with Crippen molar-refractivity contribution in [3.63, 3.8) is 0 Å². The van der Waals surface area contributed by atoms with E-state index in [0.717, 1.165) is 44.0 Å². The number of piperazine rings is 1. The van der Waals surface area contributed by atoms with E-state index in [9.17, 15) is 4.39 Å². The zero-order chi connectivity index (χ0) is 13.8. The lowest BCUT2D eigenvalue weighted by Crippen LogP contribution is -2.47. The number of benzene rings is 1. The van der Waals surface area contributed by atoms with Crippen LogP contribution in [0.3, 0.4) is 0 Å². The predicted molar refractivity (Wildman–Crippen MR) is 79.4 cm³/mol. The first-order valence-electron chi connectivity index (χ1n) is 6.91. The van der Waals surface area contributed by atoms with Crippen LogP contribution in [0.5, 0.6) is 0 Å². The molecular formula is C15H22ClFN2. The second-order valence-corrected chi connectivity index (χ2v) is 5.90. The molecule has 0 saturated carbocycles. The minimum Gasteiger partial charge on any atom is -0.369 e. The van der Waals surface area contributed by atoms with Gasteiger partial charge in [0.25, 0.3) is 0 Å². The summed E-state index contributed by atoms with van der Waals surface area (Å²) in [6.07, 6.45) is 0. The Morgan fingerprint density at radius 2 is 1.84 bits per heavy atom. The fourth-order valence-corrected chi connectivity index (χ4v) is 2.75. The molecule has 0 unspecified atom stereocenters. The smallest absolute Gasteiger partial charge is 0.125 e. The molecule has 2 nitrogen and oxygen atoms in total. The molecule has 1 aliphatic rings. The normalized spacial score (nSPS) is 17.2. The molecule has 19 heavy (non-hydrogen) atoms. The summed E-state index contributed by atoms with van der Waals surface area (Å²) < 4.78 is 13.5. The molecule has 1 aromatic carbocycles. The highest BCUT2D eigenvalue weighted by Gasteiger charge is 2.18. The average molecular weight is 285 g/mol. The number of nitrogens with zero attached hydrogens (tertiary/aromatic N) is 2. The number of halogens is 2. The van der Waals surface area contributed by atoms with Crippen molar-refractivity contribution < 1.29 is 4.39 Å². The van der Waals surface area contributed by atoms with Crippen LogP contribution in [0.2, 0.25) is 0 Å². The lowest BCUT2D eigenvalue weighted by Gasteiger charge is -2.37. The molecule has 1 heterocycles. The molecule has 0 bridgehead atoms. The van der Waals surface area contributed by atoms with Crippen molar-refractivity contribution in [2.24, 2.45) is 5.92 Å². The van der Waals surface area contributed by atoms with E-state index in [0.29, 0.717) is 11.8 Å². The van der Waals surface area contributed by atoms with Crippen molar-refractivity contribution in [3.05, 3.63) is 29.6 Å². The van der Waals surface area contributed by atoms with Crippen LogP contribution in [0.1, 0.15) is 19.4 Å². The molecule has 2 rings (SSSR count). The van der Waals surface area contributed by atoms with Gasteiger partial charge in [-0.25, -0.2) is 4.39 Å². The Bertz CT molecular complexity index is 415. The topological polar surface area (TPSA) is 6.48 Å². The largest absolute Gasteiger partial charge is 0.369 e. The number of hydrogen-bond acceptors (Lipinski definition) is 2. The van der Waals surface area contributed by atoms with Crippen molar-refractivity contribution in [1.82, 2.24) is 4.90 Å². The van der Waals surface area contributed by atoms with Crippen LogP contribution in [0.4, 0.5) is 10.1 Å². The standard InChI is InChI=1S/C15H22ClFN2/c1-12(2)11-18-3-5-19(6-4-18)15-8-13(10-16)7-14(17)9-15/h7-9,12H,3-6,10-11H2,1-2H3. The van der Waals surface area contributed by atoms with Crippen LogP contribution in [0.15, 0.2) is 18.2 Å². The molecule has 106 valence electrons. The molecule has 0 aromatic heterocycles. The molecule has 0 spiro atoms. The van der Waals surface area contributed by atoms with Gasteiger partial charge in [0.2, 0.25) is 0 Å². The van der Waals surface area contributed by atoms with Crippen LogP contribution in [-0.2, 0) is 5.88 Å². The third kappa shape index (κ3) is 4.08. The van der Waals surface area contributed by atoms with Crippen molar-refractivity contribution in [2.45, 2.75) is 19.7 Å². The Kier molecular flexibility index (Phi) is 5.06. The first-order chi connectivity index (χ1) is 9.08. The highest BCUT2D eigenvalue weighted by Crippen LogP contribution is 2.21. The summed E-state index contributed by atoms with van der Waals surface area (Å²) in [5.41, 5.74) is 1.81. The summed E-state index contributed by atoms with van der Waals surface area (Å²) in [5.74, 6) is 0.860. The lowest BCUT2D eigenvalue weighted by atomic mass is 10.1. The van der Waals surface area contributed by atoms with Gasteiger partial charge in [0.15, 0.2) is 0 Å². The Labute approximate surface area is 120 Å². The number of rotatable bonds is 4. The van der Waals surface area contributed by atoms with Crippen LogP contribution >= 0.6 is 11.6 Å². The number of anilines is 1. The quantitative estimate of drug-likeness (QED) is 0.783. The molecule has 0 atom stereocenters. The molecule has 0 aliphatic carbocycles. The van der Waals surface area contributed by atoms with E-state index in [4.69, 9.17) is 11.6 Å². The van der Waals surface area contributed by atoms with E-state index in [-0.39, 0.29) is 5.82 Å². The second-order valence-electron chi connectivity index (χ2n) is 5.63. The SMILES string of the molecule is CC(C)CN1CCN(c2cc(F)cc(CCl)c2)CC1. The van der Waals surface area contributed by atoms with Crippen molar-refractivity contribution in [3.8, 4) is 0 Å². The lowest BCUT2D eigenvalue weighted by molar-refractivity contribution is 0.231. The minimum absolute atomic E-state index is 0.197. The van der Waals surface area contributed by atoms with Crippen LogP contribution < -0.4 is 4.90 Å². The van der Waals surface area contributed by atoms with Gasteiger partial charge in [-0.3, -0.25) is 4.90 Å². The maximum atomic E-state index is 13.5. The molecule has 4 heteroatoms. The molecular weight excluding hydrogens is 263 g/mol. The maximum absolute atomic E-state index is 13.5. The monoisotopic (exact) mass is 284 g/mol. The number of hydrogen-bond donors (Lipinski definition) is 0. The number of alkyl halides is 1. The van der Waals surface area contributed by atoms with E-state index in [1.165, 1.54) is 6.07 Å². The average Bonchev–Trinajstić information content (AvgIpc) is 2.38. The van der Waals surface area contributed by atoms with Gasteiger partial charge in [0.1, 0.15) is 5.82 Å². The fraction of sp³-hybridized carbons (Fsp3) is 0.600. The summed E-state index contributed by atoms with van der Waals surface area (Å²) in [5, 5.41) is 0. The summed E-state index contributed by atoms with van der Waals surface area (Å²) in [7, 11) is 0. The predicted octanol–water partition coefficient (Wildman–Crippen LogP) is 3.34. The third-order valence-corrected chi connectivity index (χ3v) is 3.77. The molecule has 0 amide bonds. The summed E-state index contributed by atoms with van der Waals surface area (Å²) in [6, 6.07) is 5.11. The highest BCUT2D eigenvalue weighted by molar-refractivity contribution is 6.17. The van der Waals surface area contributed by atoms with Gasteiger partial charge in [-0.1, -0.05) is 13.8 Å². The zero-order valence-electron chi connectivity index (χ0n) is 11.7.